The Hall–Kier alpha value is -2.26. The summed E-state index contributed by atoms with van der Waals surface area (Å²) in [7, 11) is 1.66. The van der Waals surface area contributed by atoms with Gasteiger partial charge in [0.15, 0.2) is 0 Å². The Morgan fingerprint density at radius 2 is 1.74 bits per heavy atom. The van der Waals surface area contributed by atoms with E-state index >= 15 is 0 Å². The zero-order valence-corrected chi connectivity index (χ0v) is 13.6. The molecule has 1 N–H and O–H groups in total. The molecular weight excluding hydrogens is 310 g/mol. The lowest BCUT2D eigenvalue weighted by Crippen LogP contribution is -2.12. The quantitative estimate of drug-likeness (QED) is 0.626. The van der Waals surface area contributed by atoms with Crippen LogP contribution >= 0.6 is 11.6 Å². The fraction of sp³-hybridized carbons (Fsp3) is 0.211. The molecule has 3 nitrogen and oxygen atoms in total. The first-order chi connectivity index (χ1) is 11.2. The van der Waals surface area contributed by atoms with Crippen LogP contribution in [0.3, 0.4) is 0 Å². The van der Waals surface area contributed by atoms with Crippen LogP contribution in [0.1, 0.15) is 29.9 Å². The zero-order valence-electron chi connectivity index (χ0n) is 12.9. The number of oxime groups is 1. The SMILES string of the molecule is COc1ccc(C2CC(c3ccc(Cl)cc3)=C/C(=N/O)C2)cc1. The molecule has 0 amide bonds. The number of halogens is 1. The van der Waals surface area contributed by atoms with E-state index in [0.717, 1.165) is 29.7 Å². The Morgan fingerprint density at radius 3 is 2.35 bits per heavy atom. The summed E-state index contributed by atoms with van der Waals surface area (Å²) in [4.78, 5) is 0. The number of methoxy groups -OCH3 is 1. The van der Waals surface area contributed by atoms with Crippen LogP contribution in [0, 0.1) is 0 Å². The van der Waals surface area contributed by atoms with Gasteiger partial charge in [-0.25, -0.2) is 0 Å². The third-order valence-corrected chi connectivity index (χ3v) is 4.45. The van der Waals surface area contributed by atoms with Crippen LogP contribution in [0.5, 0.6) is 5.75 Å². The molecule has 1 aliphatic rings. The summed E-state index contributed by atoms with van der Waals surface area (Å²) in [5, 5.41) is 13.4. The number of rotatable bonds is 3. The Kier molecular flexibility index (Phi) is 4.68. The Balaban J connectivity index is 1.89. The summed E-state index contributed by atoms with van der Waals surface area (Å²) in [5.74, 6) is 1.12. The van der Waals surface area contributed by atoms with Gasteiger partial charge in [0.1, 0.15) is 5.75 Å². The van der Waals surface area contributed by atoms with Gasteiger partial charge in [0.05, 0.1) is 12.8 Å². The molecule has 1 aliphatic carbocycles. The Morgan fingerprint density at radius 1 is 1.04 bits per heavy atom. The molecule has 23 heavy (non-hydrogen) atoms. The van der Waals surface area contributed by atoms with Gasteiger partial charge in [0.25, 0.3) is 0 Å². The maximum absolute atomic E-state index is 9.25. The lowest BCUT2D eigenvalue weighted by Gasteiger charge is -2.24. The third-order valence-electron chi connectivity index (χ3n) is 4.19. The number of nitrogens with zero attached hydrogens (tertiary/aromatic N) is 1. The molecular formula is C19H18ClNO2. The maximum Gasteiger partial charge on any atom is 0.118 e. The summed E-state index contributed by atoms with van der Waals surface area (Å²) < 4.78 is 5.21. The third kappa shape index (κ3) is 3.57. The number of allylic oxidation sites excluding steroid dienone is 2. The van der Waals surface area contributed by atoms with Crippen molar-refractivity contribution in [1.82, 2.24) is 0 Å². The highest BCUT2D eigenvalue weighted by molar-refractivity contribution is 6.30. The van der Waals surface area contributed by atoms with Gasteiger partial charge in [-0.15, -0.1) is 0 Å². The molecule has 0 spiro atoms. The van der Waals surface area contributed by atoms with Gasteiger partial charge < -0.3 is 9.94 Å². The highest BCUT2D eigenvalue weighted by Gasteiger charge is 2.22. The van der Waals surface area contributed by atoms with Crippen LogP contribution in [-0.4, -0.2) is 18.0 Å². The first kappa shape index (κ1) is 15.6. The van der Waals surface area contributed by atoms with Gasteiger partial charge in [-0.1, -0.05) is 41.0 Å². The van der Waals surface area contributed by atoms with E-state index in [-0.39, 0.29) is 5.92 Å². The summed E-state index contributed by atoms with van der Waals surface area (Å²) >= 11 is 5.96. The van der Waals surface area contributed by atoms with Crippen molar-refractivity contribution in [2.75, 3.05) is 7.11 Å². The monoisotopic (exact) mass is 327 g/mol. The molecule has 1 atom stereocenters. The lowest BCUT2D eigenvalue weighted by atomic mass is 9.81. The topological polar surface area (TPSA) is 41.8 Å². The lowest BCUT2D eigenvalue weighted by molar-refractivity contribution is 0.317. The molecule has 0 aliphatic heterocycles. The highest BCUT2D eigenvalue weighted by atomic mass is 35.5. The first-order valence-corrected chi connectivity index (χ1v) is 7.89. The van der Waals surface area contributed by atoms with Crippen LogP contribution in [0.2, 0.25) is 5.02 Å². The first-order valence-electron chi connectivity index (χ1n) is 7.51. The van der Waals surface area contributed by atoms with Crippen LogP contribution in [0.25, 0.3) is 5.57 Å². The molecule has 1 unspecified atom stereocenters. The van der Waals surface area contributed by atoms with Crippen molar-refractivity contribution in [1.29, 1.82) is 0 Å². The Labute approximate surface area is 140 Å². The minimum Gasteiger partial charge on any atom is -0.497 e. The molecule has 3 rings (SSSR count). The predicted octanol–water partition coefficient (Wildman–Crippen LogP) is 5.14. The minimum absolute atomic E-state index is 0.280. The second kappa shape index (κ2) is 6.88. The number of hydrogen-bond donors (Lipinski definition) is 1. The van der Waals surface area contributed by atoms with E-state index in [1.165, 1.54) is 5.56 Å². The highest BCUT2D eigenvalue weighted by Crippen LogP contribution is 2.37. The van der Waals surface area contributed by atoms with Crippen LogP contribution in [-0.2, 0) is 0 Å². The fourth-order valence-electron chi connectivity index (χ4n) is 2.96. The van der Waals surface area contributed by atoms with Crippen molar-refractivity contribution in [3.8, 4) is 5.75 Å². The molecule has 0 saturated heterocycles. The largest absolute Gasteiger partial charge is 0.497 e. The van der Waals surface area contributed by atoms with Crippen LogP contribution in [0.15, 0.2) is 59.8 Å². The second-order valence-electron chi connectivity index (χ2n) is 5.65. The van der Waals surface area contributed by atoms with E-state index in [4.69, 9.17) is 16.3 Å². The van der Waals surface area contributed by atoms with E-state index < -0.39 is 0 Å². The average molecular weight is 328 g/mol. The Bertz CT molecular complexity index is 733. The number of benzene rings is 2. The molecule has 0 aromatic heterocycles. The predicted molar refractivity (Wildman–Crippen MR) is 93.6 cm³/mol. The standard InChI is InChI=1S/C19H18ClNO2/c1-23-19-8-4-14(5-9-19)16-10-15(11-18(12-16)21-22)13-2-6-17(20)7-3-13/h2-9,11,16,22H,10,12H2,1H3/b21-18-. The van der Waals surface area contributed by atoms with Crippen molar-refractivity contribution in [2.24, 2.45) is 5.16 Å². The molecule has 4 heteroatoms. The summed E-state index contributed by atoms with van der Waals surface area (Å²) in [6.07, 6.45) is 3.58. The minimum atomic E-state index is 0.280. The fourth-order valence-corrected chi connectivity index (χ4v) is 3.08. The summed E-state index contributed by atoms with van der Waals surface area (Å²) in [5.41, 5.74) is 4.17. The second-order valence-corrected chi connectivity index (χ2v) is 6.08. The van der Waals surface area contributed by atoms with Crippen LogP contribution in [0.4, 0.5) is 0 Å². The van der Waals surface area contributed by atoms with Crippen molar-refractivity contribution >= 4 is 22.9 Å². The van der Waals surface area contributed by atoms with Crippen molar-refractivity contribution in [3.63, 3.8) is 0 Å². The molecule has 0 radical (unpaired) electrons. The van der Waals surface area contributed by atoms with E-state index in [0.29, 0.717) is 10.7 Å². The number of ether oxygens (including phenoxy) is 1. The van der Waals surface area contributed by atoms with Gasteiger partial charge in [0, 0.05) is 11.4 Å². The van der Waals surface area contributed by atoms with Crippen molar-refractivity contribution in [3.05, 3.63) is 70.8 Å². The van der Waals surface area contributed by atoms with E-state index in [1.807, 2.05) is 42.5 Å². The van der Waals surface area contributed by atoms with Gasteiger partial charge in [0.2, 0.25) is 0 Å². The van der Waals surface area contributed by atoms with Crippen LogP contribution < -0.4 is 4.74 Å². The normalized spacial score (nSPS) is 19.5. The van der Waals surface area contributed by atoms with E-state index in [1.54, 1.807) is 7.11 Å². The smallest absolute Gasteiger partial charge is 0.118 e. The van der Waals surface area contributed by atoms with Crippen molar-refractivity contribution < 1.29 is 9.94 Å². The molecule has 0 fully saturated rings. The van der Waals surface area contributed by atoms with E-state index in [2.05, 4.69) is 17.3 Å². The summed E-state index contributed by atoms with van der Waals surface area (Å²) in [6, 6.07) is 15.8. The molecule has 0 saturated carbocycles. The molecule has 0 bridgehead atoms. The van der Waals surface area contributed by atoms with Crippen molar-refractivity contribution in [2.45, 2.75) is 18.8 Å². The van der Waals surface area contributed by atoms with E-state index in [9.17, 15) is 5.21 Å². The molecule has 2 aromatic rings. The average Bonchev–Trinajstić information content (AvgIpc) is 2.62. The van der Waals surface area contributed by atoms with Gasteiger partial charge in [-0.05, 0) is 59.4 Å². The van der Waals surface area contributed by atoms with Gasteiger partial charge >= 0.3 is 0 Å². The van der Waals surface area contributed by atoms with Gasteiger partial charge in [-0.2, -0.15) is 0 Å². The molecule has 0 heterocycles. The zero-order chi connectivity index (χ0) is 16.2. The molecule has 2 aromatic carbocycles. The van der Waals surface area contributed by atoms with Gasteiger partial charge in [-0.3, -0.25) is 0 Å². The summed E-state index contributed by atoms with van der Waals surface area (Å²) in [6.45, 7) is 0. The number of hydrogen-bond acceptors (Lipinski definition) is 3. The molecule has 118 valence electrons. The maximum atomic E-state index is 9.25.